The van der Waals surface area contributed by atoms with Crippen LogP contribution >= 0.6 is 0 Å². The van der Waals surface area contributed by atoms with Gasteiger partial charge in [0.1, 0.15) is 0 Å². The Balaban J connectivity index is 1.67. The molecule has 0 aliphatic heterocycles. The zero-order valence-corrected chi connectivity index (χ0v) is 13.4. The number of aromatic nitrogens is 1. The number of rotatable bonds is 6. The van der Waals surface area contributed by atoms with Crippen molar-refractivity contribution >= 4 is 5.91 Å². The summed E-state index contributed by atoms with van der Waals surface area (Å²) in [7, 11) is 0. The van der Waals surface area contributed by atoms with Crippen LogP contribution < -0.4 is 5.32 Å². The molecule has 120 valence electrons. The topological polar surface area (TPSA) is 42.0 Å². The van der Waals surface area contributed by atoms with Gasteiger partial charge in [-0.25, -0.2) is 0 Å². The van der Waals surface area contributed by atoms with Gasteiger partial charge in [-0.3, -0.25) is 9.78 Å². The highest BCUT2D eigenvalue weighted by Gasteiger charge is 2.20. The molecule has 0 saturated heterocycles. The quantitative estimate of drug-likeness (QED) is 0.866. The molecule has 1 fully saturated rings. The number of carbonyl (C=O) groups is 1. The Morgan fingerprint density at radius 2 is 1.83 bits per heavy atom. The van der Waals surface area contributed by atoms with Crippen LogP contribution in [-0.4, -0.2) is 10.9 Å². The summed E-state index contributed by atoms with van der Waals surface area (Å²) in [4.78, 5) is 16.8. The Morgan fingerprint density at radius 1 is 1.09 bits per heavy atom. The third-order valence-electron chi connectivity index (χ3n) is 4.68. The molecule has 1 aliphatic carbocycles. The van der Waals surface area contributed by atoms with Gasteiger partial charge in [0, 0.05) is 12.6 Å². The second-order valence-corrected chi connectivity index (χ2v) is 6.35. The van der Waals surface area contributed by atoms with Crippen molar-refractivity contribution in [2.45, 2.75) is 44.6 Å². The molecule has 1 atom stereocenters. The highest BCUT2D eigenvalue weighted by molar-refractivity contribution is 5.76. The molecule has 1 heterocycles. The van der Waals surface area contributed by atoms with Gasteiger partial charge in [0.25, 0.3) is 0 Å². The number of amides is 1. The predicted molar refractivity (Wildman–Crippen MR) is 91.9 cm³/mol. The number of hydrogen-bond donors (Lipinski definition) is 1. The average molecular weight is 308 g/mol. The van der Waals surface area contributed by atoms with Crippen molar-refractivity contribution in [1.29, 1.82) is 0 Å². The largest absolute Gasteiger partial charge is 0.344 e. The van der Waals surface area contributed by atoms with E-state index in [0.29, 0.717) is 6.42 Å². The van der Waals surface area contributed by atoms with Crippen molar-refractivity contribution in [2.24, 2.45) is 5.92 Å². The number of nitrogens with zero attached hydrogens (tertiary/aromatic N) is 1. The highest BCUT2D eigenvalue weighted by atomic mass is 16.1. The summed E-state index contributed by atoms with van der Waals surface area (Å²) in [6, 6.07) is 15.7. The van der Waals surface area contributed by atoms with Gasteiger partial charge in [-0.1, -0.05) is 62.1 Å². The van der Waals surface area contributed by atoms with Crippen molar-refractivity contribution in [3.8, 4) is 0 Å². The lowest BCUT2D eigenvalue weighted by Gasteiger charge is -2.19. The van der Waals surface area contributed by atoms with Gasteiger partial charge in [-0.15, -0.1) is 0 Å². The molecule has 0 spiro atoms. The summed E-state index contributed by atoms with van der Waals surface area (Å²) in [5.41, 5.74) is 1.95. The van der Waals surface area contributed by atoms with E-state index in [1.807, 2.05) is 48.5 Å². The van der Waals surface area contributed by atoms with E-state index < -0.39 is 0 Å². The van der Waals surface area contributed by atoms with E-state index in [-0.39, 0.29) is 11.9 Å². The summed E-state index contributed by atoms with van der Waals surface area (Å²) in [6.45, 7) is 0. The first-order valence-corrected chi connectivity index (χ1v) is 8.58. The molecule has 0 radical (unpaired) electrons. The number of nitrogens with one attached hydrogen (secondary N) is 1. The Kier molecular flexibility index (Phi) is 5.41. The Bertz CT molecular complexity index is 567. The van der Waals surface area contributed by atoms with Gasteiger partial charge in [0.2, 0.25) is 5.91 Å². The molecule has 1 amide bonds. The first-order valence-electron chi connectivity index (χ1n) is 8.58. The molecular weight excluding hydrogens is 284 g/mol. The lowest BCUT2D eigenvalue weighted by Crippen LogP contribution is -2.30. The summed E-state index contributed by atoms with van der Waals surface area (Å²) in [6.07, 6.45) is 8.62. The van der Waals surface area contributed by atoms with E-state index in [1.165, 1.54) is 25.7 Å². The minimum absolute atomic E-state index is 0.122. The molecular formula is C20H24N2O. The summed E-state index contributed by atoms with van der Waals surface area (Å²) >= 11 is 0. The molecule has 1 N–H and O–H groups in total. The lowest BCUT2D eigenvalue weighted by molar-refractivity contribution is -0.121. The van der Waals surface area contributed by atoms with Crippen LogP contribution in [-0.2, 0) is 4.79 Å². The van der Waals surface area contributed by atoms with E-state index in [2.05, 4.69) is 10.3 Å². The van der Waals surface area contributed by atoms with Crippen LogP contribution in [0.4, 0.5) is 0 Å². The Labute approximate surface area is 138 Å². The van der Waals surface area contributed by atoms with Crippen LogP contribution in [0.15, 0.2) is 54.7 Å². The molecule has 1 saturated carbocycles. The fraction of sp³-hybridized carbons (Fsp3) is 0.400. The molecule has 1 unspecified atom stereocenters. The Hall–Kier alpha value is -2.16. The summed E-state index contributed by atoms with van der Waals surface area (Å²) in [5, 5.41) is 3.17. The average Bonchev–Trinajstić information content (AvgIpc) is 3.13. The van der Waals surface area contributed by atoms with Crippen LogP contribution in [0, 0.1) is 5.92 Å². The van der Waals surface area contributed by atoms with Gasteiger partial charge in [-0.2, -0.15) is 0 Å². The van der Waals surface area contributed by atoms with E-state index >= 15 is 0 Å². The number of carbonyl (C=O) groups excluding carboxylic acids is 1. The highest BCUT2D eigenvalue weighted by Crippen LogP contribution is 2.28. The smallest absolute Gasteiger partial charge is 0.220 e. The van der Waals surface area contributed by atoms with Crippen LogP contribution in [0.2, 0.25) is 0 Å². The third-order valence-corrected chi connectivity index (χ3v) is 4.68. The van der Waals surface area contributed by atoms with Gasteiger partial charge < -0.3 is 5.32 Å². The molecule has 1 aliphatic rings. The first kappa shape index (κ1) is 15.7. The second kappa shape index (κ2) is 7.91. The van der Waals surface area contributed by atoms with Gasteiger partial charge in [-0.05, 0) is 30.0 Å². The standard InChI is InChI=1S/C20H24N2O/c23-19(14-13-16-8-4-5-9-16)22-20(17-10-2-1-3-11-17)18-12-6-7-15-21-18/h1-3,6-7,10-12,15-16,20H,4-5,8-9,13-14H2,(H,22,23). The van der Waals surface area contributed by atoms with E-state index in [0.717, 1.165) is 23.6 Å². The molecule has 1 aromatic heterocycles. The van der Waals surface area contributed by atoms with Crippen LogP contribution in [0.25, 0.3) is 0 Å². The van der Waals surface area contributed by atoms with E-state index in [1.54, 1.807) is 6.20 Å². The van der Waals surface area contributed by atoms with Crippen LogP contribution in [0.3, 0.4) is 0 Å². The maximum Gasteiger partial charge on any atom is 0.220 e. The maximum absolute atomic E-state index is 12.4. The maximum atomic E-state index is 12.4. The van der Waals surface area contributed by atoms with E-state index in [4.69, 9.17) is 0 Å². The molecule has 3 rings (SSSR count). The molecule has 3 heteroatoms. The minimum atomic E-state index is -0.173. The molecule has 2 aromatic rings. The third kappa shape index (κ3) is 4.41. The van der Waals surface area contributed by atoms with Gasteiger partial charge >= 0.3 is 0 Å². The van der Waals surface area contributed by atoms with Crippen LogP contribution in [0.5, 0.6) is 0 Å². The molecule has 3 nitrogen and oxygen atoms in total. The predicted octanol–water partition coefficient (Wildman–Crippen LogP) is 4.26. The van der Waals surface area contributed by atoms with Crippen molar-refractivity contribution in [3.05, 3.63) is 66.0 Å². The second-order valence-electron chi connectivity index (χ2n) is 6.35. The number of pyridine rings is 1. The molecule has 1 aromatic carbocycles. The fourth-order valence-corrected chi connectivity index (χ4v) is 3.39. The fourth-order valence-electron chi connectivity index (χ4n) is 3.39. The lowest BCUT2D eigenvalue weighted by atomic mass is 10.00. The monoisotopic (exact) mass is 308 g/mol. The van der Waals surface area contributed by atoms with Crippen molar-refractivity contribution in [2.75, 3.05) is 0 Å². The summed E-state index contributed by atoms with van der Waals surface area (Å²) in [5.74, 6) is 0.863. The van der Waals surface area contributed by atoms with E-state index in [9.17, 15) is 4.79 Å². The van der Waals surface area contributed by atoms with Crippen molar-refractivity contribution in [1.82, 2.24) is 10.3 Å². The minimum Gasteiger partial charge on any atom is -0.344 e. The van der Waals surface area contributed by atoms with Gasteiger partial charge in [0.05, 0.1) is 11.7 Å². The number of hydrogen-bond acceptors (Lipinski definition) is 2. The van der Waals surface area contributed by atoms with Crippen LogP contribution in [0.1, 0.15) is 55.8 Å². The first-order chi connectivity index (χ1) is 11.3. The van der Waals surface area contributed by atoms with Gasteiger partial charge in [0.15, 0.2) is 0 Å². The Morgan fingerprint density at radius 3 is 2.52 bits per heavy atom. The summed E-state index contributed by atoms with van der Waals surface area (Å²) < 4.78 is 0. The molecule has 0 bridgehead atoms. The van der Waals surface area contributed by atoms with Crippen molar-refractivity contribution < 1.29 is 4.79 Å². The zero-order chi connectivity index (χ0) is 15.9. The normalized spacial score (nSPS) is 16.2. The van der Waals surface area contributed by atoms with Crippen molar-refractivity contribution in [3.63, 3.8) is 0 Å². The number of benzene rings is 1. The zero-order valence-electron chi connectivity index (χ0n) is 13.4. The molecule has 23 heavy (non-hydrogen) atoms. The SMILES string of the molecule is O=C(CCC1CCCC1)NC(c1ccccc1)c1ccccn1.